The number of halogens is 3. The number of benzene rings is 1. The van der Waals surface area contributed by atoms with E-state index >= 15 is 0 Å². The first-order chi connectivity index (χ1) is 8.58. The van der Waals surface area contributed by atoms with Crippen LogP contribution in [-0.4, -0.2) is 16.2 Å². The minimum atomic E-state index is -0.884. The van der Waals surface area contributed by atoms with Gasteiger partial charge in [-0.1, -0.05) is 35.1 Å². The van der Waals surface area contributed by atoms with Gasteiger partial charge >= 0.3 is 0 Å². The molecular formula is C11H7ClF2N2S2. The van der Waals surface area contributed by atoms with Crippen molar-refractivity contribution in [3.8, 4) is 0 Å². The van der Waals surface area contributed by atoms with Gasteiger partial charge in [-0.05, 0) is 24.5 Å². The van der Waals surface area contributed by atoms with E-state index in [9.17, 15) is 8.78 Å². The Kier molecular flexibility index (Phi) is 4.42. The van der Waals surface area contributed by atoms with Crippen LogP contribution in [0.25, 0.3) is 0 Å². The molecule has 0 atom stereocenters. The highest BCUT2D eigenvalue weighted by Crippen LogP contribution is 2.29. The van der Waals surface area contributed by atoms with E-state index in [1.807, 2.05) is 6.26 Å². The summed E-state index contributed by atoms with van der Waals surface area (Å²) in [4.78, 5) is 8.76. The van der Waals surface area contributed by atoms with E-state index in [0.29, 0.717) is 20.2 Å². The highest BCUT2D eigenvalue weighted by molar-refractivity contribution is 7.99. The summed E-state index contributed by atoms with van der Waals surface area (Å²) < 4.78 is 25.8. The van der Waals surface area contributed by atoms with Crippen LogP contribution in [0.2, 0.25) is 5.15 Å². The summed E-state index contributed by atoms with van der Waals surface area (Å²) in [6.45, 7) is 0. The van der Waals surface area contributed by atoms with Gasteiger partial charge < -0.3 is 0 Å². The monoisotopic (exact) mass is 304 g/mol. The lowest BCUT2D eigenvalue weighted by molar-refractivity contribution is 0.506. The van der Waals surface area contributed by atoms with Crippen molar-refractivity contribution in [2.45, 2.75) is 15.1 Å². The summed E-state index contributed by atoms with van der Waals surface area (Å²) in [7, 11) is 0. The second-order valence-electron chi connectivity index (χ2n) is 3.19. The van der Waals surface area contributed by atoms with Crippen LogP contribution in [0.1, 0.15) is 0 Å². The lowest BCUT2D eigenvalue weighted by atomic mass is 10.3. The van der Waals surface area contributed by atoms with Crippen molar-refractivity contribution in [3.05, 3.63) is 41.1 Å². The van der Waals surface area contributed by atoms with E-state index in [-0.39, 0.29) is 0 Å². The Hall–Kier alpha value is -0.850. The van der Waals surface area contributed by atoms with Gasteiger partial charge in [0.15, 0.2) is 16.8 Å². The van der Waals surface area contributed by atoms with Gasteiger partial charge in [-0.15, -0.1) is 0 Å². The van der Waals surface area contributed by atoms with Crippen LogP contribution in [0.3, 0.4) is 0 Å². The van der Waals surface area contributed by atoms with Gasteiger partial charge in [-0.25, -0.2) is 18.7 Å². The number of thioether (sulfide) groups is 1. The second-order valence-corrected chi connectivity index (χ2v) is 5.45. The van der Waals surface area contributed by atoms with E-state index in [0.717, 1.165) is 12.1 Å². The van der Waals surface area contributed by atoms with Crippen molar-refractivity contribution in [2.75, 3.05) is 6.26 Å². The number of rotatable bonds is 3. The normalized spacial score (nSPS) is 10.7. The summed E-state index contributed by atoms with van der Waals surface area (Å²) >= 11 is 8.40. The maximum atomic E-state index is 13.1. The third kappa shape index (κ3) is 3.34. The van der Waals surface area contributed by atoms with E-state index in [1.165, 1.54) is 29.6 Å². The minimum Gasteiger partial charge on any atom is -0.216 e. The van der Waals surface area contributed by atoms with Crippen LogP contribution in [0, 0.1) is 11.6 Å². The standard InChI is InChI=1S/C11H7ClF2N2S2/c1-17-11-15-9(12)5-10(16-11)18-6-2-3-7(13)8(14)4-6/h2-5H,1H3. The molecule has 0 spiro atoms. The van der Waals surface area contributed by atoms with Gasteiger partial charge in [0, 0.05) is 11.0 Å². The molecule has 94 valence electrons. The van der Waals surface area contributed by atoms with Gasteiger partial charge in [0.2, 0.25) is 0 Å². The van der Waals surface area contributed by atoms with Crippen molar-refractivity contribution >= 4 is 35.1 Å². The highest BCUT2D eigenvalue weighted by atomic mass is 35.5. The largest absolute Gasteiger partial charge is 0.216 e. The van der Waals surface area contributed by atoms with Crippen molar-refractivity contribution in [1.82, 2.24) is 9.97 Å². The molecule has 7 heteroatoms. The van der Waals surface area contributed by atoms with Crippen LogP contribution in [0.5, 0.6) is 0 Å². The first kappa shape index (κ1) is 13.6. The number of hydrogen-bond donors (Lipinski definition) is 0. The van der Waals surface area contributed by atoms with Crippen molar-refractivity contribution < 1.29 is 8.78 Å². The molecule has 0 amide bonds. The predicted octanol–water partition coefficient (Wildman–Crippen LogP) is 4.28. The van der Waals surface area contributed by atoms with Gasteiger partial charge in [-0.3, -0.25) is 0 Å². The lowest BCUT2D eigenvalue weighted by Crippen LogP contribution is -1.89. The Morgan fingerprint density at radius 2 is 1.89 bits per heavy atom. The number of aromatic nitrogens is 2. The predicted molar refractivity (Wildman–Crippen MR) is 69.3 cm³/mol. The van der Waals surface area contributed by atoms with Gasteiger partial charge in [-0.2, -0.15) is 0 Å². The van der Waals surface area contributed by atoms with E-state index in [1.54, 1.807) is 6.07 Å². The first-order valence-corrected chi connectivity index (χ1v) is 7.22. The molecule has 2 aromatic rings. The zero-order valence-corrected chi connectivity index (χ0v) is 11.5. The minimum absolute atomic E-state index is 0.319. The Balaban J connectivity index is 2.27. The summed E-state index contributed by atoms with van der Waals surface area (Å²) in [5.41, 5.74) is 0. The third-order valence-corrected chi connectivity index (χ3v) is 3.60. The van der Waals surface area contributed by atoms with Gasteiger partial charge in [0.05, 0.1) is 0 Å². The fourth-order valence-electron chi connectivity index (χ4n) is 1.18. The molecule has 0 aliphatic carbocycles. The maximum Gasteiger partial charge on any atom is 0.189 e. The van der Waals surface area contributed by atoms with Gasteiger partial charge in [0.25, 0.3) is 0 Å². The third-order valence-electron chi connectivity index (χ3n) is 1.95. The molecule has 0 radical (unpaired) electrons. The zero-order chi connectivity index (χ0) is 13.1. The molecular weight excluding hydrogens is 298 g/mol. The summed E-state index contributed by atoms with van der Waals surface area (Å²) in [6.07, 6.45) is 1.83. The molecule has 0 saturated carbocycles. The molecule has 2 rings (SSSR count). The van der Waals surface area contributed by atoms with Crippen LogP contribution in [0.15, 0.2) is 39.3 Å². The molecule has 0 aliphatic heterocycles. The van der Waals surface area contributed by atoms with E-state index in [2.05, 4.69) is 9.97 Å². The van der Waals surface area contributed by atoms with E-state index in [4.69, 9.17) is 11.6 Å². The van der Waals surface area contributed by atoms with Gasteiger partial charge in [0.1, 0.15) is 10.2 Å². The second kappa shape index (κ2) is 5.86. The zero-order valence-electron chi connectivity index (χ0n) is 9.15. The summed E-state index contributed by atoms with van der Waals surface area (Å²) in [6, 6.07) is 5.26. The fraction of sp³-hybridized carbons (Fsp3) is 0.0909. The summed E-state index contributed by atoms with van der Waals surface area (Å²) in [5, 5.41) is 1.44. The lowest BCUT2D eigenvalue weighted by Gasteiger charge is -2.03. The molecule has 2 nitrogen and oxygen atoms in total. The molecule has 0 fully saturated rings. The summed E-state index contributed by atoms with van der Waals surface area (Å²) in [5.74, 6) is -1.75. The average Bonchev–Trinajstić information content (AvgIpc) is 2.33. The number of nitrogens with zero attached hydrogens (tertiary/aromatic N) is 2. The van der Waals surface area contributed by atoms with Crippen molar-refractivity contribution in [1.29, 1.82) is 0 Å². The Morgan fingerprint density at radius 1 is 1.11 bits per heavy atom. The van der Waals surface area contributed by atoms with Crippen LogP contribution < -0.4 is 0 Å². The molecule has 1 aromatic heterocycles. The van der Waals surface area contributed by atoms with Crippen LogP contribution in [-0.2, 0) is 0 Å². The van der Waals surface area contributed by atoms with Crippen LogP contribution >= 0.6 is 35.1 Å². The van der Waals surface area contributed by atoms with Crippen LogP contribution in [0.4, 0.5) is 8.78 Å². The first-order valence-electron chi connectivity index (χ1n) is 4.80. The maximum absolute atomic E-state index is 13.1. The molecule has 0 aliphatic rings. The molecule has 0 N–H and O–H groups in total. The molecule has 0 unspecified atom stereocenters. The fourth-order valence-corrected chi connectivity index (χ4v) is 2.76. The molecule has 0 bridgehead atoms. The Labute approximate surface area is 116 Å². The Bertz CT molecular complexity index is 581. The topological polar surface area (TPSA) is 25.8 Å². The Morgan fingerprint density at radius 3 is 2.56 bits per heavy atom. The SMILES string of the molecule is CSc1nc(Cl)cc(Sc2ccc(F)c(F)c2)n1. The quantitative estimate of drug-likeness (QED) is 0.480. The molecule has 18 heavy (non-hydrogen) atoms. The van der Waals surface area contributed by atoms with Crippen molar-refractivity contribution in [3.63, 3.8) is 0 Å². The molecule has 0 saturated heterocycles. The number of hydrogen-bond acceptors (Lipinski definition) is 4. The average molecular weight is 305 g/mol. The van der Waals surface area contributed by atoms with E-state index < -0.39 is 11.6 Å². The molecule has 1 heterocycles. The molecule has 1 aromatic carbocycles. The smallest absolute Gasteiger partial charge is 0.189 e. The highest BCUT2D eigenvalue weighted by Gasteiger charge is 2.07. The van der Waals surface area contributed by atoms with Crippen molar-refractivity contribution in [2.24, 2.45) is 0 Å².